The highest BCUT2D eigenvalue weighted by atomic mass is 35.5. The van der Waals surface area contributed by atoms with E-state index in [4.69, 9.17) is 16.7 Å². The minimum absolute atomic E-state index is 0.126. The maximum Gasteiger partial charge on any atom is 0.303 e. The van der Waals surface area contributed by atoms with Crippen molar-refractivity contribution in [2.75, 3.05) is 0 Å². The first-order valence-corrected chi connectivity index (χ1v) is 5.02. The van der Waals surface area contributed by atoms with Crippen molar-refractivity contribution in [3.63, 3.8) is 0 Å². The van der Waals surface area contributed by atoms with Crippen molar-refractivity contribution in [1.82, 2.24) is 4.98 Å². The number of aromatic nitrogens is 1. The molecule has 2 aromatic rings. The van der Waals surface area contributed by atoms with Crippen LogP contribution in [0.15, 0.2) is 24.4 Å². The average molecular weight is 224 g/mol. The standard InChI is InChI=1S/C11H10ClNO2/c12-8-6-13-9-3-1-2-7(11(8)9)4-5-10(14)15/h1-3,6,13H,4-5H2,(H,14,15). The van der Waals surface area contributed by atoms with Crippen molar-refractivity contribution in [2.45, 2.75) is 12.8 Å². The third-order valence-corrected chi connectivity index (χ3v) is 2.65. The molecule has 0 spiro atoms. The summed E-state index contributed by atoms with van der Waals surface area (Å²) in [5.41, 5.74) is 1.92. The van der Waals surface area contributed by atoms with E-state index in [2.05, 4.69) is 4.98 Å². The number of aliphatic carboxylic acids is 1. The van der Waals surface area contributed by atoms with Gasteiger partial charge in [-0.1, -0.05) is 23.7 Å². The van der Waals surface area contributed by atoms with Crippen molar-refractivity contribution < 1.29 is 9.90 Å². The van der Waals surface area contributed by atoms with Crippen LogP contribution in [-0.4, -0.2) is 16.1 Å². The second kappa shape index (κ2) is 3.95. The molecule has 0 amide bonds. The van der Waals surface area contributed by atoms with Crippen molar-refractivity contribution in [2.24, 2.45) is 0 Å². The largest absolute Gasteiger partial charge is 0.481 e. The van der Waals surface area contributed by atoms with Gasteiger partial charge in [-0.2, -0.15) is 0 Å². The van der Waals surface area contributed by atoms with Gasteiger partial charge in [-0.15, -0.1) is 0 Å². The highest BCUT2D eigenvalue weighted by Crippen LogP contribution is 2.27. The first-order valence-electron chi connectivity index (χ1n) is 4.65. The third-order valence-electron chi connectivity index (χ3n) is 2.35. The van der Waals surface area contributed by atoms with Gasteiger partial charge >= 0.3 is 5.97 Å². The minimum Gasteiger partial charge on any atom is -0.481 e. The Bertz CT molecular complexity index is 504. The van der Waals surface area contributed by atoms with Crippen LogP contribution in [0.3, 0.4) is 0 Å². The lowest BCUT2D eigenvalue weighted by atomic mass is 10.1. The number of hydrogen-bond donors (Lipinski definition) is 2. The number of halogens is 1. The fraction of sp³-hybridized carbons (Fsp3) is 0.182. The summed E-state index contributed by atoms with van der Waals surface area (Å²) in [5, 5.41) is 10.2. The number of aromatic amines is 1. The minimum atomic E-state index is -0.793. The van der Waals surface area contributed by atoms with Crippen molar-refractivity contribution in [3.8, 4) is 0 Å². The number of benzene rings is 1. The Balaban J connectivity index is 2.41. The average Bonchev–Trinajstić information content (AvgIpc) is 2.58. The van der Waals surface area contributed by atoms with Crippen LogP contribution in [0.2, 0.25) is 5.02 Å². The smallest absolute Gasteiger partial charge is 0.303 e. The van der Waals surface area contributed by atoms with Gasteiger partial charge < -0.3 is 10.1 Å². The van der Waals surface area contributed by atoms with E-state index >= 15 is 0 Å². The Labute approximate surface area is 91.7 Å². The quantitative estimate of drug-likeness (QED) is 0.841. The summed E-state index contributed by atoms with van der Waals surface area (Å²) in [6.07, 6.45) is 2.35. The van der Waals surface area contributed by atoms with Crippen LogP contribution in [0.1, 0.15) is 12.0 Å². The van der Waals surface area contributed by atoms with E-state index in [0.717, 1.165) is 16.5 Å². The Morgan fingerprint density at radius 1 is 1.47 bits per heavy atom. The molecule has 15 heavy (non-hydrogen) atoms. The Hall–Kier alpha value is -1.48. The SMILES string of the molecule is O=C(O)CCc1cccc2[nH]cc(Cl)c12. The number of nitrogens with one attached hydrogen (secondary N) is 1. The lowest BCUT2D eigenvalue weighted by molar-refractivity contribution is -0.136. The number of carboxylic acid groups (broad SMARTS) is 1. The van der Waals surface area contributed by atoms with E-state index in [-0.39, 0.29) is 6.42 Å². The Morgan fingerprint density at radius 2 is 2.27 bits per heavy atom. The highest BCUT2D eigenvalue weighted by molar-refractivity contribution is 6.35. The zero-order chi connectivity index (χ0) is 10.8. The van der Waals surface area contributed by atoms with E-state index in [1.807, 2.05) is 18.2 Å². The summed E-state index contributed by atoms with van der Waals surface area (Å²) in [6, 6.07) is 5.73. The second-order valence-corrected chi connectivity index (χ2v) is 3.78. The predicted molar refractivity (Wildman–Crippen MR) is 59.3 cm³/mol. The zero-order valence-electron chi connectivity index (χ0n) is 7.96. The van der Waals surface area contributed by atoms with E-state index in [1.54, 1.807) is 6.20 Å². The molecule has 1 aromatic heterocycles. The third kappa shape index (κ3) is 1.97. The fourth-order valence-corrected chi connectivity index (χ4v) is 1.94. The molecule has 4 heteroatoms. The Morgan fingerprint density at radius 3 is 3.00 bits per heavy atom. The monoisotopic (exact) mass is 223 g/mol. The van der Waals surface area contributed by atoms with E-state index < -0.39 is 5.97 Å². The number of hydrogen-bond acceptors (Lipinski definition) is 1. The van der Waals surface area contributed by atoms with Gasteiger partial charge in [0.1, 0.15) is 0 Å². The number of carbonyl (C=O) groups is 1. The van der Waals surface area contributed by atoms with Gasteiger partial charge in [0.2, 0.25) is 0 Å². The molecule has 0 bridgehead atoms. The van der Waals surface area contributed by atoms with E-state index in [1.165, 1.54) is 0 Å². The number of aryl methyl sites for hydroxylation is 1. The number of H-pyrrole nitrogens is 1. The van der Waals surface area contributed by atoms with Gasteiger partial charge in [0.05, 0.1) is 5.02 Å². The maximum atomic E-state index is 10.5. The molecule has 0 saturated heterocycles. The van der Waals surface area contributed by atoms with Crippen LogP contribution in [-0.2, 0) is 11.2 Å². The van der Waals surface area contributed by atoms with Crippen molar-refractivity contribution in [1.29, 1.82) is 0 Å². The van der Waals surface area contributed by atoms with Crippen LogP contribution in [0, 0.1) is 0 Å². The first kappa shape index (κ1) is 10.1. The Kier molecular flexibility index (Phi) is 2.64. The number of fused-ring (bicyclic) bond motifs is 1. The molecule has 0 atom stereocenters. The summed E-state index contributed by atoms with van der Waals surface area (Å²) < 4.78 is 0. The van der Waals surface area contributed by atoms with E-state index in [9.17, 15) is 4.79 Å². The van der Waals surface area contributed by atoms with Crippen LogP contribution in [0.5, 0.6) is 0 Å². The molecule has 3 nitrogen and oxygen atoms in total. The lowest BCUT2D eigenvalue weighted by Crippen LogP contribution is -1.97. The number of rotatable bonds is 3. The van der Waals surface area contributed by atoms with Crippen LogP contribution in [0.4, 0.5) is 0 Å². The zero-order valence-corrected chi connectivity index (χ0v) is 8.71. The first-order chi connectivity index (χ1) is 7.18. The van der Waals surface area contributed by atoms with Gasteiger partial charge in [-0.3, -0.25) is 4.79 Å². The molecule has 0 fully saturated rings. The molecule has 78 valence electrons. The maximum absolute atomic E-state index is 10.5. The molecule has 1 heterocycles. The van der Waals surface area contributed by atoms with Gasteiger partial charge in [0, 0.05) is 23.5 Å². The summed E-state index contributed by atoms with van der Waals surface area (Å²) >= 11 is 6.01. The van der Waals surface area contributed by atoms with Gasteiger partial charge in [0.25, 0.3) is 0 Å². The molecular weight excluding hydrogens is 214 g/mol. The lowest BCUT2D eigenvalue weighted by Gasteiger charge is -2.01. The molecule has 0 aliphatic rings. The highest BCUT2D eigenvalue weighted by Gasteiger charge is 2.07. The second-order valence-electron chi connectivity index (χ2n) is 3.37. The summed E-state index contributed by atoms with van der Waals surface area (Å²) in [5.74, 6) is -0.793. The summed E-state index contributed by atoms with van der Waals surface area (Å²) in [4.78, 5) is 13.5. The fourth-order valence-electron chi connectivity index (χ4n) is 1.67. The topological polar surface area (TPSA) is 53.1 Å². The van der Waals surface area contributed by atoms with Gasteiger partial charge in [0.15, 0.2) is 0 Å². The molecule has 2 rings (SSSR count). The normalized spacial score (nSPS) is 10.7. The van der Waals surface area contributed by atoms with Crippen LogP contribution >= 0.6 is 11.6 Å². The van der Waals surface area contributed by atoms with Gasteiger partial charge in [-0.05, 0) is 18.1 Å². The van der Waals surface area contributed by atoms with Crippen LogP contribution < -0.4 is 0 Å². The van der Waals surface area contributed by atoms with Crippen molar-refractivity contribution >= 4 is 28.5 Å². The molecule has 2 N–H and O–H groups in total. The molecule has 1 aromatic carbocycles. The summed E-state index contributed by atoms with van der Waals surface area (Å²) in [7, 11) is 0. The molecule has 0 radical (unpaired) electrons. The molecule has 0 aliphatic carbocycles. The predicted octanol–water partition coefficient (Wildman–Crippen LogP) is 2.84. The molecule has 0 unspecified atom stereocenters. The molecular formula is C11H10ClNO2. The number of carboxylic acids is 1. The summed E-state index contributed by atoms with van der Waals surface area (Å²) in [6.45, 7) is 0. The van der Waals surface area contributed by atoms with Crippen molar-refractivity contribution in [3.05, 3.63) is 35.0 Å². The molecule has 0 saturated carbocycles. The van der Waals surface area contributed by atoms with Crippen LogP contribution in [0.25, 0.3) is 10.9 Å². The van der Waals surface area contributed by atoms with E-state index in [0.29, 0.717) is 11.4 Å². The molecule has 0 aliphatic heterocycles. The van der Waals surface area contributed by atoms with Gasteiger partial charge in [-0.25, -0.2) is 0 Å².